The lowest BCUT2D eigenvalue weighted by Crippen LogP contribution is -2.20. The molecule has 0 bridgehead atoms. The van der Waals surface area contributed by atoms with Crippen molar-refractivity contribution in [2.24, 2.45) is 0 Å². The fourth-order valence-corrected chi connectivity index (χ4v) is 3.14. The molecule has 1 atom stereocenters. The summed E-state index contributed by atoms with van der Waals surface area (Å²) in [6.07, 6.45) is 2.59. The van der Waals surface area contributed by atoms with Crippen LogP contribution in [0, 0.1) is 0 Å². The number of aromatic nitrogens is 4. The third-order valence-electron chi connectivity index (χ3n) is 4.30. The Hall–Kier alpha value is -2.47. The molecule has 0 aliphatic carbocycles. The molecule has 1 unspecified atom stereocenters. The smallest absolute Gasteiger partial charge is 0.166 e. The monoisotopic (exact) mass is 323 g/mol. The highest BCUT2D eigenvalue weighted by atomic mass is 16.5. The van der Waals surface area contributed by atoms with E-state index < -0.39 is 0 Å². The molecule has 124 valence electrons. The van der Waals surface area contributed by atoms with Crippen LogP contribution in [0.2, 0.25) is 0 Å². The number of benzene rings is 1. The van der Waals surface area contributed by atoms with E-state index >= 15 is 0 Å². The summed E-state index contributed by atoms with van der Waals surface area (Å²) in [5.74, 6) is 1.71. The number of ether oxygens (including phenoxy) is 1. The van der Waals surface area contributed by atoms with Crippen molar-refractivity contribution in [2.75, 3.05) is 18.5 Å². The lowest BCUT2D eigenvalue weighted by molar-refractivity contribution is 0.195. The Labute approximate surface area is 140 Å². The first-order chi connectivity index (χ1) is 11.7. The summed E-state index contributed by atoms with van der Waals surface area (Å²) in [5.41, 5.74) is 2.76. The second-order valence-electron chi connectivity index (χ2n) is 6.36. The average Bonchev–Trinajstić information content (AvgIpc) is 3.23. The quantitative estimate of drug-likeness (QED) is 0.798. The topological polar surface area (TPSA) is 64.9 Å². The molecule has 0 saturated carbocycles. The number of fused-ring (bicyclic) bond motifs is 1. The number of nitrogens with one attached hydrogen (secondary N) is 1. The highest BCUT2D eigenvalue weighted by Crippen LogP contribution is 2.30. The van der Waals surface area contributed by atoms with E-state index in [1.54, 1.807) is 6.33 Å². The van der Waals surface area contributed by atoms with Gasteiger partial charge in [-0.05, 0) is 20.3 Å². The van der Waals surface area contributed by atoms with Gasteiger partial charge in [-0.2, -0.15) is 0 Å². The lowest BCUT2D eigenvalue weighted by Gasteiger charge is -2.13. The van der Waals surface area contributed by atoms with Crippen LogP contribution in [0.5, 0.6) is 0 Å². The molecule has 6 nitrogen and oxygen atoms in total. The fourth-order valence-electron chi connectivity index (χ4n) is 3.14. The minimum Gasteiger partial charge on any atom is -0.379 e. The summed E-state index contributed by atoms with van der Waals surface area (Å²) in [4.78, 5) is 13.8. The van der Waals surface area contributed by atoms with Crippen LogP contribution in [0.1, 0.15) is 26.3 Å². The maximum Gasteiger partial charge on any atom is 0.166 e. The van der Waals surface area contributed by atoms with Crippen LogP contribution in [0.4, 0.5) is 5.82 Å². The molecule has 1 N–H and O–H groups in total. The Balaban J connectivity index is 1.86. The molecule has 1 saturated heterocycles. The van der Waals surface area contributed by atoms with Gasteiger partial charge in [-0.15, -0.1) is 0 Å². The summed E-state index contributed by atoms with van der Waals surface area (Å²) < 4.78 is 7.62. The van der Waals surface area contributed by atoms with Crippen molar-refractivity contribution in [3.05, 3.63) is 36.7 Å². The normalized spacial score (nSPS) is 17.7. The Bertz CT molecular complexity index is 837. The maximum atomic E-state index is 5.45. The predicted molar refractivity (Wildman–Crippen MR) is 94.0 cm³/mol. The molecule has 1 aliphatic rings. The van der Waals surface area contributed by atoms with Crippen molar-refractivity contribution in [3.8, 4) is 11.4 Å². The summed E-state index contributed by atoms with van der Waals surface area (Å²) >= 11 is 0. The van der Waals surface area contributed by atoms with Crippen LogP contribution in [0.15, 0.2) is 36.7 Å². The molecule has 0 amide bonds. The Morgan fingerprint density at radius 3 is 2.75 bits per heavy atom. The Morgan fingerprint density at radius 1 is 1.21 bits per heavy atom. The van der Waals surface area contributed by atoms with E-state index in [1.807, 2.05) is 18.2 Å². The standard InChI is InChI=1S/C18H21N5O/c1-12(2)23-17(13-6-4-3-5-7-13)22-15-16(19-11-20-18(15)23)21-14-8-9-24-10-14/h3-7,11-12,14H,8-10H2,1-2H3,(H,19,20,21). The molecule has 6 heteroatoms. The van der Waals surface area contributed by atoms with E-state index in [9.17, 15) is 0 Å². The number of hydrogen-bond acceptors (Lipinski definition) is 5. The number of rotatable bonds is 4. The minimum atomic E-state index is 0.253. The zero-order valence-corrected chi connectivity index (χ0v) is 13.9. The van der Waals surface area contributed by atoms with Crippen LogP contribution in [-0.2, 0) is 4.74 Å². The van der Waals surface area contributed by atoms with Gasteiger partial charge in [0.2, 0.25) is 0 Å². The summed E-state index contributed by atoms with van der Waals surface area (Å²) in [6, 6.07) is 10.8. The van der Waals surface area contributed by atoms with Gasteiger partial charge in [-0.25, -0.2) is 15.0 Å². The summed E-state index contributed by atoms with van der Waals surface area (Å²) in [5, 5.41) is 3.46. The van der Waals surface area contributed by atoms with Crippen molar-refractivity contribution < 1.29 is 4.74 Å². The number of anilines is 1. The van der Waals surface area contributed by atoms with Crippen LogP contribution in [0.25, 0.3) is 22.6 Å². The van der Waals surface area contributed by atoms with Crippen LogP contribution in [0.3, 0.4) is 0 Å². The second kappa shape index (κ2) is 6.20. The number of nitrogens with zero attached hydrogens (tertiary/aromatic N) is 4. The third kappa shape index (κ3) is 2.63. The molecule has 1 aliphatic heterocycles. The molecule has 24 heavy (non-hydrogen) atoms. The third-order valence-corrected chi connectivity index (χ3v) is 4.30. The molecule has 3 heterocycles. The van der Waals surface area contributed by atoms with Gasteiger partial charge < -0.3 is 14.6 Å². The molecule has 0 radical (unpaired) electrons. The molecule has 2 aromatic heterocycles. The average molecular weight is 323 g/mol. The predicted octanol–water partition coefficient (Wildman–Crippen LogP) is 3.28. The van der Waals surface area contributed by atoms with Gasteiger partial charge in [-0.1, -0.05) is 30.3 Å². The fraction of sp³-hybridized carbons (Fsp3) is 0.389. The minimum absolute atomic E-state index is 0.253. The first-order valence-corrected chi connectivity index (χ1v) is 8.36. The molecule has 3 aromatic rings. The summed E-state index contributed by atoms with van der Waals surface area (Å²) in [6.45, 7) is 5.80. The van der Waals surface area contributed by atoms with E-state index in [0.29, 0.717) is 6.61 Å². The van der Waals surface area contributed by atoms with Crippen molar-refractivity contribution in [1.82, 2.24) is 19.5 Å². The van der Waals surface area contributed by atoms with Crippen molar-refractivity contribution in [3.63, 3.8) is 0 Å². The van der Waals surface area contributed by atoms with Gasteiger partial charge in [0.1, 0.15) is 12.2 Å². The molecular formula is C18H21N5O. The Morgan fingerprint density at radius 2 is 2.04 bits per heavy atom. The van der Waals surface area contributed by atoms with Crippen molar-refractivity contribution >= 4 is 17.0 Å². The van der Waals surface area contributed by atoms with E-state index in [1.165, 1.54) is 0 Å². The molecule has 4 rings (SSSR count). The zero-order valence-electron chi connectivity index (χ0n) is 13.9. The number of imidazole rings is 1. The van der Waals surface area contributed by atoms with Crippen LogP contribution < -0.4 is 5.32 Å². The maximum absolute atomic E-state index is 5.45. The number of hydrogen-bond donors (Lipinski definition) is 1. The SMILES string of the molecule is CC(C)n1c(-c2ccccc2)nc2c(NC3CCOC3)ncnc21. The molecule has 1 aromatic carbocycles. The highest BCUT2D eigenvalue weighted by molar-refractivity contribution is 5.86. The molecule has 0 spiro atoms. The van der Waals surface area contributed by atoms with Gasteiger partial charge in [0.25, 0.3) is 0 Å². The Kier molecular flexibility index (Phi) is 3.90. The lowest BCUT2D eigenvalue weighted by atomic mass is 10.2. The van der Waals surface area contributed by atoms with E-state index in [2.05, 4.69) is 45.8 Å². The second-order valence-corrected chi connectivity index (χ2v) is 6.36. The zero-order chi connectivity index (χ0) is 16.5. The van der Waals surface area contributed by atoms with Gasteiger partial charge >= 0.3 is 0 Å². The van der Waals surface area contributed by atoms with Gasteiger partial charge in [-0.3, -0.25) is 0 Å². The largest absolute Gasteiger partial charge is 0.379 e. The van der Waals surface area contributed by atoms with E-state index in [-0.39, 0.29) is 12.1 Å². The first-order valence-electron chi connectivity index (χ1n) is 8.36. The summed E-state index contributed by atoms with van der Waals surface area (Å²) in [7, 11) is 0. The van der Waals surface area contributed by atoms with E-state index in [0.717, 1.165) is 41.4 Å². The highest BCUT2D eigenvalue weighted by Gasteiger charge is 2.22. The first kappa shape index (κ1) is 15.1. The van der Waals surface area contributed by atoms with Gasteiger partial charge in [0, 0.05) is 18.2 Å². The van der Waals surface area contributed by atoms with Crippen molar-refractivity contribution in [2.45, 2.75) is 32.4 Å². The van der Waals surface area contributed by atoms with Gasteiger partial charge in [0.15, 0.2) is 17.0 Å². The van der Waals surface area contributed by atoms with Crippen molar-refractivity contribution in [1.29, 1.82) is 0 Å². The van der Waals surface area contributed by atoms with Crippen LogP contribution >= 0.6 is 0 Å². The molecular weight excluding hydrogens is 302 g/mol. The van der Waals surface area contributed by atoms with Crippen LogP contribution in [-0.4, -0.2) is 38.8 Å². The van der Waals surface area contributed by atoms with E-state index in [4.69, 9.17) is 9.72 Å². The van der Waals surface area contributed by atoms with Gasteiger partial charge in [0.05, 0.1) is 12.6 Å². The molecule has 1 fully saturated rings.